The Labute approximate surface area is 63.8 Å². The summed E-state index contributed by atoms with van der Waals surface area (Å²) in [4.78, 5) is 3.54. The van der Waals surface area contributed by atoms with Crippen LogP contribution >= 0.6 is 0 Å². The number of anilines is 1. The number of rotatable bonds is 3. The highest BCUT2D eigenvalue weighted by Crippen LogP contribution is 2.04. The van der Waals surface area contributed by atoms with E-state index in [-0.39, 0.29) is 6.01 Å². The summed E-state index contributed by atoms with van der Waals surface area (Å²) in [5.74, 6) is 0. The van der Waals surface area contributed by atoms with Gasteiger partial charge < -0.3 is 4.42 Å². The van der Waals surface area contributed by atoms with Gasteiger partial charge in [0.05, 0.1) is 6.20 Å². The smallest absolute Gasteiger partial charge is 0.308 e. The van der Waals surface area contributed by atoms with Crippen LogP contribution in [-0.2, 0) is 10.0 Å². The molecule has 5 nitrogen and oxygen atoms in total. The standard InChI is InChI=1S/C5H6N2O3S/c1-2-11(8,9)7-5-6-3-4-10-5/h2-4H,1H2,(H,6,7). The molecule has 0 atom stereocenters. The predicted molar refractivity (Wildman–Crippen MR) is 39.2 cm³/mol. The lowest BCUT2D eigenvalue weighted by Gasteiger charge is -1.95. The average molecular weight is 174 g/mol. The lowest BCUT2D eigenvalue weighted by atomic mass is 11.0. The Kier molecular flexibility index (Phi) is 1.95. The fourth-order valence-corrected chi connectivity index (χ4v) is 0.865. The third-order valence-corrected chi connectivity index (χ3v) is 1.78. The first-order chi connectivity index (χ1) is 5.14. The molecule has 0 saturated carbocycles. The van der Waals surface area contributed by atoms with E-state index in [1.54, 1.807) is 0 Å². The van der Waals surface area contributed by atoms with Gasteiger partial charge in [0.1, 0.15) is 6.26 Å². The maximum Gasteiger partial charge on any atom is 0.308 e. The molecular weight excluding hydrogens is 168 g/mol. The first-order valence-corrected chi connectivity index (χ1v) is 4.23. The molecule has 0 fully saturated rings. The molecule has 0 aliphatic rings. The molecule has 0 aliphatic heterocycles. The van der Waals surface area contributed by atoms with E-state index in [9.17, 15) is 8.42 Å². The lowest BCUT2D eigenvalue weighted by Crippen LogP contribution is -2.08. The summed E-state index contributed by atoms with van der Waals surface area (Å²) in [6, 6.07) is -0.0649. The van der Waals surface area contributed by atoms with Crippen LogP contribution in [-0.4, -0.2) is 13.4 Å². The Bertz CT molecular complexity index is 327. The van der Waals surface area contributed by atoms with Crippen molar-refractivity contribution in [2.45, 2.75) is 0 Å². The summed E-state index contributed by atoms with van der Waals surface area (Å²) in [6.07, 6.45) is 2.60. The van der Waals surface area contributed by atoms with Gasteiger partial charge in [-0.05, 0) is 0 Å². The predicted octanol–water partition coefficient (Wildman–Crippen LogP) is 0.560. The van der Waals surface area contributed by atoms with E-state index >= 15 is 0 Å². The number of hydrogen-bond donors (Lipinski definition) is 1. The van der Waals surface area contributed by atoms with Gasteiger partial charge in [-0.1, -0.05) is 6.58 Å². The molecule has 0 saturated heterocycles. The van der Waals surface area contributed by atoms with Crippen LogP contribution < -0.4 is 4.72 Å². The van der Waals surface area contributed by atoms with Crippen molar-refractivity contribution in [2.75, 3.05) is 4.72 Å². The van der Waals surface area contributed by atoms with E-state index in [1.165, 1.54) is 12.5 Å². The molecule has 0 bridgehead atoms. The van der Waals surface area contributed by atoms with Gasteiger partial charge in [0.25, 0.3) is 10.0 Å². The molecule has 0 amide bonds. The third kappa shape index (κ3) is 2.08. The summed E-state index contributed by atoms with van der Waals surface area (Å²) in [7, 11) is -3.48. The normalized spacial score (nSPS) is 10.9. The van der Waals surface area contributed by atoms with Gasteiger partial charge in [-0.3, -0.25) is 0 Å². The third-order valence-electron chi connectivity index (χ3n) is 0.881. The molecule has 60 valence electrons. The van der Waals surface area contributed by atoms with E-state index in [1.807, 2.05) is 4.72 Å². The molecule has 1 aromatic rings. The highest BCUT2D eigenvalue weighted by atomic mass is 32.2. The number of nitrogens with one attached hydrogen (secondary N) is 1. The van der Waals surface area contributed by atoms with Gasteiger partial charge in [0.2, 0.25) is 0 Å². The summed E-state index contributed by atoms with van der Waals surface area (Å²) >= 11 is 0. The van der Waals surface area contributed by atoms with Crippen LogP contribution in [0.5, 0.6) is 0 Å². The summed E-state index contributed by atoms with van der Waals surface area (Å²) in [5, 5.41) is 0.775. The molecule has 1 aromatic heterocycles. The minimum absolute atomic E-state index is 0.0649. The molecule has 0 unspecified atom stereocenters. The van der Waals surface area contributed by atoms with Crippen molar-refractivity contribution in [3.8, 4) is 0 Å². The zero-order chi connectivity index (χ0) is 8.32. The number of sulfonamides is 1. The molecule has 1 N–H and O–H groups in total. The molecule has 0 radical (unpaired) electrons. The van der Waals surface area contributed by atoms with Gasteiger partial charge in [-0.25, -0.2) is 18.1 Å². The second-order valence-corrected chi connectivity index (χ2v) is 3.28. The number of aromatic nitrogens is 1. The first kappa shape index (κ1) is 7.80. The van der Waals surface area contributed by atoms with Crippen molar-refractivity contribution in [3.05, 3.63) is 24.4 Å². The largest absolute Gasteiger partial charge is 0.432 e. The second kappa shape index (κ2) is 2.75. The number of oxazole rings is 1. The summed E-state index contributed by atoms with van der Waals surface area (Å²) in [5.41, 5.74) is 0. The van der Waals surface area contributed by atoms with Gasteiger partial charge in [-0.15, -0.1) is 0 Å². The average Bonchev–Trinajstić information content (AvgIpc) is 2.39. The number of hydrogen-bond acceptors (Lipinski definition) is 4. The molecule has 6 heteroatoms. The highest BCUT2D eigenvalue weighted by molar-refractivity contribution is 7.95. The van der Waals surface area contributed by atoms with Gasteiger partial charge in [0, 0.05) is 5.41 Å². The molecule has 0 spiro atoms. The second-order valence-electron chi connectivity index (χ2n) is 1.65. The zero-order valence-corrected chi connectivity index (χ0v) is 6.34. The fraction of sp³-hybridized carbons (Fsp3) is 0. The first-order valence-electron chi connectivity index (χ1n) is 2.69. The van der Waals surface area contributed by atoms with Gasteiger partial charge >= 0.3 is 6.01 Å². The fourth-order valence-electron chi connectivity index (χ4n) is 0.437. The molecule has 1 heterocycles. The van der Waals surface area contributed by atoms with Crippen LogP contribution in [0.3, 0.4) is 0 Å². The maximum atomic E-state index is 10.7. The maximum absolute atomic E-state index is 10.7. The van der Waals surface area contributed by atoms with Crippen molar-refractivity contribution in [3.63, 3.8) is 0 Å². The molecule has 1 rings (SSSR count). The van der Waals surface area contributed by atoms with Crippen LogP contribution in [0.25, 0.3) is 0 Å². The van der Waals surface area contributed by atoms with Crippen molar-refractivity contribution < 1.29 is 12.8 Å². The molecule has 0 aromatic carbocycles. The topological polar surface area (TPSA) is 72.2 Å². The number of nitrogens with zero attached hydrogens (tertiary/aromatic N) is 1. The van der Waals surface area contributed by atoms with Crippen LogP contribution in [0.2, 0.25) is 0 Å². The molecular formula is C5H6N2O3S. The van der Waals surface area contributed by atoms with Crippen LogP contribution in [0.1, 0.15) is 0 Å². The van der Waals surface area contributed by atoms with Gasteiger partial charge in [-0.2, -0.15) is 0 Å². The van der Waals surface area contributed by atoms with Crippen LogP contribution in [0, 0.1) is 0 Å². The SMILES string of the molecule is C=CS(=O)(=O)Nc1ncco1. The Morgan fingerprint density at radius 2 is 2.45 bits per heavy atom. The minimum Gasteiger partial charge on any atom is -0.432 e. The Hall–Kier alpha value is -1.30. The molecule has 0 aliphatic carbocycles. The van der Waals surface area contributed by atoms with E-state index in [0.717, 1.165) is 5.41 Å². The van der Waals surface area contributed by atoms with E-state index in [4.69, 9.17) is 0 Å². The van der Waals surface area contributed by atoms with E-state index in [0.29, 0.717) is 0 Å². The van der Waals surface area contributed by atoms with E-state index in [2.05, 4.69) is 16.0 Å². The Balaban J connectivity index is 2.79. The van der Waals surface area contributed by atoms with E-state index < -0.39 is 10.0 Å². The molecule has 11 heavy (non-hydrogen) atoms. The lowest BCUT2D eigenvalue weighted by molar-refractivity contribution is 0.572. The van der Waals surface area contributed by atoms with Crippen molar-refractivity contribution >= 4 is 16.0 Å². The summed E-state index contributed by atoms with van der Waals surface area (Å²) in [6.45, 7) is 3.09. The van der Waals surface area contributed by atoms with Crippen molar-refractivity contribution in [1.82, 2.24) is 4.98 Å². The van der Waals surface area contributed by atoms with Crippen molar-refractivity contribution in [2.24, 2.45) is 0 Å². The van der Waals surface area contributed by atoms with Gasteiger partial charge in [0.15, 0.2) is 0 Å². The quantitative estimate of drug-likeness (QED) is 0.726. The Morgan fingerprint density at radius 1 is 1.73 bits per heavy atom. The monoisotopic (exact) mass is 174 g/mol. The summed E-state index contributed by atoms with van der Waals surface area (Å²) < 4.78 is 28.1. The van der Waals surface area contributed by atoms with Crippen LogP contribution in [0.15, 0.2) is 28.9 Å². The van der Waals surface area contributed by atoms with Crippen molar-refractivity contribution in [1.29, 1.82) is 0 Å². The Morgan fingerprint density at radius 3 is 2.91 bits per heavy atom. The minimum atomic E-state index is -3.48. The van der Waals surface area contributed by atoms with Crippen LogP contribution in [0.4, 0.5) is 6.01 Å². The zero-order valence-electron chi connectivity index (χ0n) is 5.52. The highest BCUT2D eigenvalue weighted by Gasteiger charge is 2.06.